The number of hydrogen-bond donors (Lipinski definition) is 1. The van der Waals surface area contributed by atoms with Crippen LogP contribution in [0.3, 0.4) is 0 Å². The maximum absolute atomic E-state index is 12.6. The standard InChI is InChI=1S/C21H15Cl2N3O3/c1-29-20(27)12-26-11-14(16-4-2-3-5-19(16)26)8-13(10-24)21(28)25-15-6-7-17(22)18(23)9-15/h2-9,11H,12H2,1H3,(H,25,28). The molecule has 0 saturated heterocycles. The van der Waals surface area contributed by atoms with E-state index in [2.05, 4.69) is 5.32 Å². The number of rotatable bonds is 5. The number of ether oxygens (including phenoxy) is 1. The van der Waals surface area contributed by atoms with Crippen LogP contribution in [0.5, 0.6) is 0 Å². The van der Waals surface area contributed by atoms with Crippen LogP contribution in [0.4, 0.5) is 5.69 Å². The number of halogens is 2. The number of nitriles is 1. The van der Waals surface area contributed by atoms with E-state index < -0.39 is 11.9 Å². The van der Waals surface area contributed by atoms with Crippen LogP contribution in [0.2, 0.25) is 10.0 Å². The molecule has 1 amide bonds. The molecule has 6 nitrogen and oxygen atoms in total. The zero-order valence-corrected chi connectivity index (χ0v) is 16.8. The van der Waals surface area contributed by atoms with Crippen molar-refractivity contribution in [1.29, 1.82) is 5.26 Å². The molecule has 0 aliphatic rings. The number of benzene rings is 2. The smallest absolute Gasteiger partial charge is 0.325 e. The molecule has 8 heteroatoms. The van der Waals surface area contributed by atoms with Crippen molar-refractivity contribution in [3.05, 3.63) is 69.8 Å². The number of nitrogens with zero attached hydrogens (tertiary/aromatic N) is 2. The SMILES string of the molecule is COC(=O)Cn1cc(C=C(C#N)C(=O)Nc2ccc(Cl)c(Cl)c2)c2ccccc21. The molecule has 1 heterocycles. The van der Waals surface area contributed by atoms with Gasteiger partial charge >= 0.3 is 5.97 Å². The first-order valence-corrected chi connectivity index (χ1v) is 9.21. The van der Waals surface area contributed by atoms with E-state index in [9.17, 15) is 14.9 Å². The number of amides is 1. The molecule has 2 aromatic carbocycles. The number of nitrogens with one attached hydrogen (secondary N) is 1. The maximum atomic E-state index is 12.6. The van der Waals surface area contributed by atoms with Gasteiger partial charge in [0.1, 0.15) is 18.2 Å². The Morgan fingerprint density at radius 1 is 1.21 bits per heavy atom. The van der Waals surface area contributed by atoms with Crippen LogP contribution < -0.4 is 5.32 Å². The molecule has 0 spiro atoms. The van der Waals surface area contributed by atoms with Crippen LogP contribution in [0.25, 0.3) is 17.0 Å². The second-order valence-corrected chi connectivity index (χ2v) is 6.87. The topological polar surface area (TPSA) is 84.1 Å². The van der Waals surface area contributed by atoms with E-state index in [1.807, 2.05) is 30.3 Å². The van der Waals surface area contributed by atoms with E-state index in [1.54, 1.807) is 22.9 Å². The quantitative estimate of drug-likeness (QED) is 0.364. The van der Waals surface area contributed by atoms with Gasteiger partial charge in [-0.25, -0.2) is 0 Å². The van der Waals surface area contributed by atoms with Crippen LogP contribution in [-0.2, 0) is 20.9 Å². The molecule has 1 aromatic heterocycles. The number of hydrogen-bond acceptors (Lipinski definition) is 4. The molecular formula is C21H15Cl2N3O3. The molecule has 29 heavy (non-hydrogen) atoms. The van der Waals surface area contributed by atoms with Crippen molar-refractivity contribution in [3.8, 4) is 6.07 Å². The molecule has 0 atom stereocenters. The van der Waals surface area contributed by atoms with Gasteiger partial charge in [-0.3, -0.25) is 9.59 Å². The average molecular weight is 428 g/mol. The lowest BCUT2D eigenvalue weighted by Crippen LogP contribution is -2.13. The lowest BCUT2D eigenvalue weighted by Gasteiger charge is -2.05. The number of anilines is 1. The Hall–Kier alpha value is -3.27. The van der Waals surface area contributed by atoms with Gasteiger partial charge in [-0.2, -0.15) is 5.26 Å². The first-order valence-electron chi connectivity index (χ1n) is 8.46. The summed E-state index contributed by atoms with van der Waals surface area (Å²) in [5.41, 5.74) is 1.73. The minimum absolute atomic E-state index is 0.0161. The number of aromatic nitrogens is 1. The zero-order chi connectivity index (χ0) is 21.0. The predicted octanol–water partition coefficient (Wildman–Crippen LogP) is 4.67. The van der Waals surface area contributed by atoms with Crippen LogP contribution in [0.15, 0.2) is 54.2 Å². The van der Waals surface area contributed by atoms with Crippen molar-refractivity contribution >= 4 is 57.7 Å². The number of fused-ring (bicyclic) bond motifs is 1. The molecule has 146 valence electrons. The third-order valence-corrected chi connectivity index (χ3v) is 4.93. The van der Waals surface area contributed by atoms with Gasteiger partial charge in [-0.05, 0) is 30.3 Å². The highest BCUT2D eigenvalue weighted by molar-refractivity contribution is 6.42. The Morgan fingerprint density at radius 2 is 1.97 bits per heavy atom. The number of carbonyl (C=O) groups is 2. The fraction of sp³-hybridized carbons (Fsp3) is 0.0952. The highest BCUT2D eigenvalue weighted by Crippen LogP contribution is 2.26. The van der Waals surface area contributed by atoms with Crippen LogP contribution in [0.1, 0.15) is 5.56 Å². The lowest BCUT2D eigenvalue weighted by molar-refractivity contribution is -0.141. The van der Waals surface area contributed by atoms with Crippen molar-refractivity contribution < 1.29 is 14.3 Å². The van der Waals surface area contributed by atoms with Crippen molar-refractivity contribution in [3.63, 3.8) is 0 Å². The summed E-state index contributed by atoms with van der Waals surface area (Å²) in [4.78, 5) is 24.2. The Balaban J connectivity index is 1.95. The van der Waals surface area contributed by atoms with Crippen LogP contribution in [-0.4, -0.2) is 23.6 Å². The van der Waals surface area contributed by atoms with Crippen molar-refractivity contribution in [2.24, 2.45) is 0 Å². The highest BCUT2D eigenvalue weighted by atomic mass is 35.5. The third kappa shape index (κ3) is 4.60. The first-order chi connectivity index (χ1) is 13.9. The molecule has 0 bridgehead atoms. The summed E-state index contributed by atoms with van der Waals surface area (Å²) in [6, 6.07) is 13.9. The maximum Gasteiger partial charge on any atom is 0.325 e. The van der Waals surface area contributed by atoms with E-state index in [0.29, 0.717) is 16.3 Å². The first kappa shape index (κ1) is 20.5. The van der Waals surface area contributed by atoms with Gasteiger partial charge in [0, 0.05) is 28.4 Å². The Kier molecular flexibility index (Phi) is 6.23. The molecule has 3 aromatic rings. The van der Waals surface area contributed by atoms with E-state index >= 15 is 0 Å². The second kappa shape index (κ2) is 8.82. The van der Waals surface area contributed by atoms with Gasteiger partial charge in [0.15, 0.2) is 0 Å². The fourth-order valence-electron chi connectivity index (χ4n) is 2.80. The predicted molar refractivity (Wildman–Crippen MR) is 113 cm³/mol. The van der Waals surface area contributed by atoms with Gasteiger partial charge in [-0.1, -0.05) is 41.4 Å². The lowest BCUT2D eigenvalue weighted by atomic mass is 10.1. The van der Waals surface area contributed by atoms with Crippen LogP contribution in [0, 0.1) is 11.3 Å². The van der Waals surface area contributed by atoms with Crippen LogP contribution >= 0.6 is 23.2 Å². The van der Waals surface area contributed by atoms with Gasteiger partial charge in [-0.15, -0.1) is 0 Å². The fourth-order valence-corrected chi connectivity index (χ4v) is 3.10. The molecule has 0 aliphatic heterocycles. The molecule has 3 rings (SSSR count). The van der Waals surface area contributed by atoms with Gasteiger partial charge in [0.05, 0.1) is 17.2 Å². The molecule has 0 fully saturated rings. The monoisotopic (exact) mass is 427 g/mol. The summed E-state index contributed by atoms with van der Waals surface area (Å²) in [7, 11) is 1.32. The van der Waals surface area contributed by atoms with E-state index in [4.69, 9.17) is 27.9 Å². The number of esters is 1. The average Bonchev–Trinajstić information content (AvgIpc) is 3.06. The highest BCUT2D eigenvalue weighted by Gasteiger charge is 2.14. The van der Waals surface area contributed by atoms with Crippen molar-refractivity contribution in [2.75, 3.05) is 12.4 Å². The summed E-state index contributed by atoms with van der Waals surface area (Å²) in [6.45, 7) is 0.0161. The Morgan fingerprint density at radius 3 is 2.66 bits per heavy atom. The zero-order valence-electron chi connectivity index (χ0n) is 15.3. The Labute approximate surface area is 176 Å². The third-order valence-electron chi connectivity index (χ3n) is 4.19. The molecule has 0 aliphatic carbocycles. The second-order valence-electron chi connectivity index (χ2n) is 6.06. The summed E-state index contributed by atoms with van der Waals surface area (Å²) in [5.74, 6) is -0.991. The minimum Gasteiger partial charge on any atom is -0.468 e. The molecule has 0 unspecified atom stereocenters. The Bertz CT molecular complexity index is 1180. The van der Waals surface area contributed by atoms with E-state index in [-0.39, 0.29) is 17.1 Å². The molecule has 0 saturated carbocycles. The minimum atomic E-state index is -0.587. The molecule has 1 N–H and O–H groups in total. The number of methoxy groups -OCH3 is 1. The van der Waals surface area contributed by atoms with E-state index in [1.165, 1.54) is 19.3 Å². The van der Waals surface area contributed by atoms with Crippen molar-refractivity contribution in [2.45, 2.75) is 6.54 Å². The summed E-state index contributed by atoms with van der Waals surface area (Å²) < 4.78 is 6.43. The molecular weight excluding hydrogens is 413 g/mol. The number of carbonyl (C=O) groups excluding carboxylic acids is 2. The van der Waals surface area contributed by atoms with Gasteiger partial charge < -0.3 is 14.6 Å². The number of para-hydroxylation sites is 1. The van der Waals surface area contributed by atoms with Crippen molar-refractivity contribution in [1.82, 2.24) is 4.57 Å². The largest absolute Gasteiger partial charge is 0.468 e. The van der Waals surface area contributed by atoms with E-state index in [0.717, 1.165) is 10.9 Å². The molecule has 0 radical (unpaired) electrons. The summed E-state index contributed by atoms with van der Waals surface area (Å²) in [6.07, 6.45) is 3.17. The summed E-state index contributed by atoms with van der Waals surface area (Å²) >= 11 is 11.8. The normalized spacial score (nSPS) is 11.2. The van der Waals surface area contributed by atoms with Gasteiger partial charge in [0.2, 0.25) is 0 Å². The van der Waals surface area contributed by atoms with Gasteiger partial charge in [0.25, 0.3) is 5.91 Å². The summed E-state index contributed by atoms with van der Waals surface area (Å²) in [5, 5.41) is 13.6.